The van der Waals surface area contributed by atoms with Gasteiger partial charge < -0.3 is 4.74 Å². The molecule has 18 heavy (non-hydrogen) atoms. The fourth-order valence-electron chi connectivity index (χ4n) is 1.16. The van der Waals surface area contributed by atoms with Gasteiger partial charge in [-0.25, -0.2) is 14.6 Å². The number of carbonyl (C=O) groups is 1. The minimum Gasteiger partial charge on any atom is -0.449 e. The van der Waals surface area contributed by atoms with Crippen molar-refractivity contribution in [2.45, 2.75) is 13.8 Å². The highest BCUT2D eigenvalue weighted by atomic mass is 19.1. The van der Waals surface area contributed by atoms with E-state index in [4.69, 9.17) is 0 Å². The van der Waals surface area contributed by atoms with E-state index in [2.05, 4.69) is 15.3 Å². The third-order valence-corrected chi connectivity index (χ3v) is 2.01. The maximum absolute atomic E-state index is 13.3. The van der Waals surface area contributed by atoms with Crippen LogP contribution in [0.3, 0.4) is 0 Å². The van der Waals surface area contributed by atoms with Crippen LogP contribution in [-0.2, 0) is 4.74 Å². The summed E-state index contributed by atoms with van der Waals surface area (Å²) in [6.45, 7) is 3.67. The highest BCUT2D eigenvalue weighted by molar-refractivity contribution is 5.96. The standard InChI is InChI=1S/C13H15FN2O2/c1-3-18-13(17)16-15-10(2)8-9-11-6-4-5-7-12(11)14/h4-9H,3H2,1-2H3,(H,16,17). The van der Waals surface area contributed by atoms with Gasteiger partial charge in [0.15, 0.2) is 0 Å². The highest BCUT2D eigenvalue weighted by Gasteiger charge is 1.97. The molecular weight excluding hydrogens is 235 g/mol. The van der Waals surface area contributed by atoms with Gasteiger partial charge in [-0.3, -0.25) is 0 Å². The maximum atomic E-state index is 13.3. The zero-order valence-corrected chi connectivity index (χ0v) is 10.3. The lowest BCUT2D eigenvalue weighted by Gasteiger charge is -2.00. The van der Waals surface area contributed by atoms with Crippen molar-refractivity contribution < 1.29 is 13.9 Å². The van der Waals surface area contributed by atoms with Crippen molar-refractivity contribution in [2.75, 3.05) is 6.61 Å². The Bertz CT molecular complexity index is 470. The van der Waals surface area contributed by atoms with Crippen LogP contribution in [0.4, 0.5) is 9.18 Å². The summed E-state index contributed by atoms with van der Waals surface area (Å²) in [4.78, 5) is 11.0. The number of benzene rings is 1. The van der Waals surface area contributed by atoms with Crippen molar-refractivity contribution in [1.29, 1.82) is 0 Å². The maximum Gasteiger partial charge on any atom is 0.427 e. The van der Waals surface area contributed by atoms with Crippen LogP contribution in [0.2, 0.25) is 0 Å². The number of carbonyl (C=O) groups excluding carboxylic acids is 1. The lowest BCUT2D eigenvalue weighted by molar-refractivity contribution is 0.152. The molecule has 0 atom stereocenters. The Balaban J connectivity index is 2.59. The number of nitrogens with zero attached hydrogens (tertiary/aromatic N) is 1. The van der Waals surface area contributed by atoms with Gasteiger partial charge in [0.05, 0.1) is 12.3 Å². The minimum atomic E-state index is -0.615. The van der Waals surface area contributed by atoms with Gasteiger partial charge in [-0.05, 0) is 26.0 Å². The number of amides is 1. The predicted octanol–water partition coefficient (Wildman–Crippen LogP) is 2.96. The van der Waals surface area contributed by atoms with Gasteiger partial charge in [0.1, 0.15) is 5.82 Å². The second-order valence-electron chi connectivity index (χ2n) is 3.44. The first-order valence-corrected chi connectivity index (χ1v) is 5.53. The molecule has 0 aliphatic carbocycles. The third kappa shape index (κ3) is 4.78. The number of nitrogens with one attached hydrogen (secondary N) is 1. The normalized spacial score (nSPS) is 11.6. The van der Waals surface area contributed by atoms with Crippen LogP contribution < -0.4 is 5.43 Å². The van der Waals surface area contributed by atoms with Crippen LogP contribution in [-0.4, -0.2) is 18.4 Å². The summed E-state index contributed by atoms with van der Waals surface area (Å²) in [6, 6.07) is 6.39. The molecule has 0 bridgehead atoms. The summed E-state index contributed by atoms with van der Waals surface area (Å²) in [5.74, 6) is -0.306. The quantitative estimate of drug-likeness (QED) is 0.659. The molecule has 4 nitrogen and oxygen atoms in total. The molecule has 1 rings (SSSR count). The Morgan fingerprint density at radius 1 is 1.50 bits per heavy atom. The highest BCUT2D eigenvalue weighted by Crippen LogP contribution is 2.07. The van der Waals surface area contributed by atoms with Crippen molar-refractivity contribution in [2.24, 2.45) is 5.10 Å². The van der Waals surface area contributed by atoms with E-state index in [9.17, 15) is 9.18 Å². The van der Waals surface area contributed by atoms with Crippen molar-refractivity contribution in [3.05, 3.63) is 41.7 Å². The van der Waals surface area contributed by atoms with Gasteiger partial charge in [0.2, 0.25) is 0 Å². The largest absolute Gasteiger partial charge is 0.449 e. The molecule has 0 spiro atoms. The molecule has 0 aliphatic rings. The summed E-state index contributed by atoms with van der Waals surface area (Å²) in [6.07, 6.45) is 2.57. The molecule has 1 aromatic carbocycles. The lowest BCUT2D eigenvalue weighted by atomic mass is 10.2. The molecule has 96 valence electrons. The smallest absolute Gasteiger partial charge is 0.427 e. The topological polar surface area (TPSA) is 50.7 Å². The number of halogens is 1. The zero-order chi connectivity index (χ0) is 13.4. The summed E-state index contributed by atoms with van der Waals surface area (Å²) in [5.41, 5.74) is 3.21. The molecule has 0 saturated heterocycles. The predicted molar refractivity (Wildman–Crippen MR) is 68.7 cm³/mol. The van der Waals surface area contributed by atoms with Crippen LogP contribution in [0.25, 0.3) is 6.08 Å². The molecule has 0 unspecified atom stereocenters. The molecule has 0 saturated carbocycles. The van der Waals surface area contributed by atoms with Gasteiger partial charge in [-0.1, -0.05) is 24.3 Å². The first kappa shape index (κ1) is 13.9. The number of allylic oxidation sites excluding steroid dienone is 1. The Labute approximate surface area is 105 Å². The van der Waals surface area contributed by atoms with E-state index < -0.39 is 6.09 Å². The van der Waals surface area contributed by atoms with Crippen LogP contribution in [0, 0.1) is 5.82 Å². The summed E-state index contributed by atoms with van der Waals surface area (Å²) < 4.78 is 17.9. The molecule has 5 heteroatoms. The van der Waals surface area contributed by atoms with Crippen LogP contribution in [0.15, 0.2) is 35.4 Å². The Kier molecular flexibility index (Phi) is 5.57. The molecule has 0 radical (unpaired) electrons. The van der Waals surface area contributed by atoms with Gasteiger partial charge in [-0.2, -0.15) is 5.10 Å². The fourth-order valence-corrected chi connectivity index (χ4v) is 1.16. The molecule has 0 aliphatic heterocycles. The van der Waals surface area contributed by atoms with E-state index in [1.165, 1.54) is 6.07 Å². The molecule has 1 aromatic rings. The van der Waals surface area contributed by atoms with Gasteiger partial charge in [0, 0.05) is 5.56 Å². The Morgan fingerprint density at radius 2 is 2.22 bits per heavy atom. The SMILES string of the molecule is CCOC(=O)NN=C(C)C=Cc1ccccc1F. The first-order chi connectivity index (χ1) is 8.63. The molecule has 1 amide bonds. The van der Waals surface area contributed by atoms with Crippen molar-refractivity contribution in [1.82, 2.24) is 5.43 Å². The lowest BCUT2D eigenvalue weighted by Crippen LogP contribution is -2.19. The van der Waals surface area contributed by atoms with E-state index in [1.54, 1.807) is 44.2 Å². The van der Waals surface area contributed by atoms with E-state index >= 15 is 0 Å². The molecule has 0 fully saturated rings. The van der Waals surface area contributed by atoms with Gasteiger partial charge in [-0.15, -0.1) is 0 Å². The monoisotopic (exact) mass is 250 g/mol. The van der Waals surface area contributed by atoms with Crippen LogP contribution in [0.1, 0.15) is 19.4 Å². The average molecular weight is 250 g/mol. The van der Waals surface area contributed by atoms with Crippen LogP contribution >= 0.6 is 0 Å². The third-order valence-electron chi connectivity index (χ3n) is 2.01. The summed E-state index contributed by atoms with van der Waals surface area (Å²) >= 11 is 0. The van der Waals surface area contributed by atoms with Crippen LogP contribution in [0.5, 0.6) is 0 Å². The van der Waals surface area contributed by atoms with Crippen molar-refractivity contribution in [3.8, 4) is 0 Å². The second kappa shape index (κ2) is 7.21. The van der Waals surface area contributed by atoms with E-state index in [1.807, 2.05) is 0 Å². The Morgan fingerprint density at radius 3 is 2.89 bits per heavy atom. The number of hydrogen-bond acceptors (Lipinski definition) is 3. The number of rotatable bonds is 4. The summed E-state index contributed by atoms with van der Waals surface area (Å²) in [7, 11) is 0. The molecule has 0 heterocycles. The first-order valence-electron chi connectivity index (χ1n) is 5.53. The van der Waals surface area contributed by atoms with Crippen molar-refractivity contribution in [3.63, 3.8) is 0 Å². The number of hydrazone groups is 1. The molecule has 0 aromatic heterocycles. The van der Waals surface area contributed by atoms with Crippen molar-refractivity contribution >= 4 is 17.9 Å². The molecule has 1 N–H and O–H groups in total. The minimum absolute atomic E-state index is 0.283. The summed E-state index contributed by atoms with van der Waals surface area (Å²) in [5, 5.41) is 3.77. The van der Waals surface area contributed by atoms with Gasteiger partial charge >= 0.3 is 6.09 Å². The zero-order valence-electron chi connectivity index (χ0n) is 10.3. The Hall–Kier alpha value is -2.17. The van der Waals surface area contributed by atoms with E-state index in [0.29, 0.717) is 11.3 Å². The molecular formula is C13H15FN2O2. The second-order valence-corrected chi connectivity index (χ2v) is 3.44. The van der Waals surface area contributed by atoms with Gasteiger partial charge in [0.25, 0.3) is 0 Å². The number of ether oxygens (including phenoxy) is 1. The number of hydrogen-bond donors (Lipinski definition) is 1. The van der Waals surface area contributed by atoms with E-state index in [-0.39, 0.29) is 12.4 Å². The average Bonchev–Trinajstić information content (AvgIpc) is 2.36. The van der Waals surface area contributed by atoms with E-state index in [0.717, 1.165) is 0 Å². The fraction of sp³-hybridized carbons (Fsp3) is 0.231.